The van der Waals surface area contributed by atoms with Gasteiger partial charge in [-0.05, 0) is 6.92 Å². The van der Waals surface area contributed by atoms with Gasteiger partial charge in [0.1, 0.15) is 11.2 Å². The van der Waals surface area contributed by atoms with Crippen LogP contribution in [0.1, 0.15) is 24.3 Å². The standard InChI is InChI=1S/C9H9NO4/c1-5-2-7(14-10-5)9(8(12)13)3-6(11)4-9/h2H,3-4H2,1H3,(H,12,13). The molecule has 0 atom stereocenters. The first kappa shape index (κ1) is 8.93. The summed E-state index contributed by atoms with van der Waals surface area (Å²) in [5, 5.41) is 12.6. The lowest BCUT2D eigenvalue weighted by molar-refractivity contribution is -0.154. The van der Waals surface area contributed by atoms with E-state index in [9.17, 15) is 9.59 Å². The zero-order valence-corrected chi connectivity index (χ0v) is 7.61. The Labute approximate surface area is 79.7 Å². The smallest absolute Gasteiger partial charge is 0.318 e. The molecule has 1 saturated carbocycles. The van der Waals surface area contributed by atoms with Crippen molar-refractivity contribution in [2.75, 3.05) is 0 Å². The third kappa shape index (κ3) is 1.05. The summed E-state index contributed by atoms with van der Waals surface area (Å²) >= 11 is 0. The first-order valence-electron chi connectivity index (χ1n) is 4.23. The number of hydrogen-bond acceptors (Lipinski definition) is 4. The van der Waals surface area contributed by atoms with E-state index in [1.165, 1.54) is 0 Å². The highest BCUT2D eigenvalue weighted by Crippen LogP contribution is 2.41. The number of aromatic nitrogens is 1. The van der Waals surface area contributed by atoms with Gasteiger partial charge in [0, 0.05) is 18.9 Å². The van der Waals surface area contributed by atoms with E-state index < -0.39 is 11.4 Å². The lowest BCUT2D eigenvalue weighted by Crippen LogP contribution is -2.48. The second-order valence-corrected chi connectivity index (χ2v) is 3.61. The van der Waals surface area contributed by atoms with E-state index in [2.05, 4.69) is 5.16 Å². The Morgan fingerprint density at radius 1 is 1.64 bits per heavy atom. The molecule has 5 heteroatoms. The number of aryl methyl sites for hydroxylation is 1. The molecule has 5 nitrogen and oxygen atoms in total. The van der Waals surface area contributed by atoms with Crippen molar-refractivity contribution in [1.82, 2.24) is 5.16 Å². The minimum atomic E-state index is -1.15. The van der Waals surface area contributed by atoms with Gasteiger partial charge < -0.3 is 9.63 Å². The van der Waals surface area contributed by atoms with Crippen molar-refractivity contribution in [1.29, 1.82) is 0 Å². The van der Waals surface area contributed by atoms with Gasteiger partial charge in [-0.25, -0.2) is 0 Å². The molecule has 1 aliphatic rings. The third-order valence-corrected chi connectivity index (χ3v) is 2.51. The molecule has 74 valence electrons. The van der Waals surface area contributed by atoms with Crippen molar-refractivity contribution < 1.29 is 19.2 Å². The van der Waals surface area contributed by atoms with Gasteiger partial charge in [-0.3, -0.25) is 9.59 Å². The SMILES string of the molecule is Cc1cc(C2(C(=O)O)CC(=O)C2)on1. The van der Waals surface area contributed by atoms with Crippen LogP contribution in [0.15, 0.2) is 10.6 Å². The summed E-state index contributed by atoms with van der Waals surface area (Å²) in [6.45, 7) is 1.71. The molecule has 1 aliphatic carbocycles. The largest absolute Gasteiger partial charge is 0.480 e. The predicted molar refractivity (Wildman–Crippen MR) is 44.8 cm³/mol. The summed E-state index contributed by atoms with van der Waals surface area (Å²) < 4.78 is 4.90. The Morgan fingerprint density at radius 2 is 2.29 bits per heavy atom. The van der Waals surface area contributed by atoms with Gasteiger partial charge in [0.2, 0.25) is 0 Å². The Bertz CT molecular complexity index is 399. The van der Waals surface area contributed by atoms with Crippen LogP contribution in [0.25, 0.3) is 0 Å². The average Bonchev–Trinajstić information content (AvgIpc) is 2.45. The van der Waals surface area contributed by atoms with Gasteiger partial charge in [0.25, 0.3) is 0 Å². The fourth-order valence-corrected chi connectivity index (χ4v) is 1.64. The van der Waals surface area contributed by atoms with Gasteiger partial charge in [-0.1, -0.05) is 5.16 Å². The van der Waals surface area contributed by atoms with Gasteiger partial charge in [-0.15, -0.1) is 0 Å². The Kier molecular flexibility index (Phi) is 1.70. The van der Waals surface area contributed by atoms with Crippen LogP contribution < -0.4 is 0 Å². The molecule has 0 aliphatic heterocycles. The highest BCUT2D eigenvalue weighted by Gasteiger charge is 2.54. The molecule has 14 heavy (non-hydrogen) atoms. The van der Waals surface area contributed by atoms with Crippen LogP contribution in [-0.2, 0) is 15.0 Å². The molecule has 0 unspecified atom stereocenters. The summed E-state index contributed by atoms with van der Waals surface area (Å²) in [5.41, 5.74) is -0.529. The van der Waals surface area contributed by atoms with Gasteiger partial charge in [0.15, 0.2) is 5.76 Å². The van der Waals surface area contributed by atoms with Crippen LogP contribution in [0.4, 0.5) is 0 Å². The van der Waals surface area contributed by atoms with E-state index in [0.717, 1.165) is 0 Å². The number of nitrogens with zero attached hydrogens (tertiary/aromatic N) is 1. The van der Waals surface area contributed by atoms with E-state index >= 15 is 0 Å². The van der Waals surface area contributed by atoms with Crippen LogP contribution in [0.2, 0.25) is 0 Å². The zero-order chi connectivity index (χ0) is 10.3. The quantitative estimate of drug-likeness (QED) is 0.750. The summed E-state index contributed by atoms with van der Waals surface area (Å²) in [7, 11) is 0. The number of carboxylic acid groups (broad SMARTS) is 1. The molecule has 0 aromatic carbocycles. The maximum Gasteiger partial charge on any atom is 0.318 e. The second kappa shape index (κ2) is 2.67. The van der Waals surface area contributed by atoms with Crippen molar-refractivity contribution >= 4 is 11.8 Å². The molecule has 2 rings (SSSR count). The first-order chi connectivity index (χ1) is 6.54. The second-order valence-electron chi connectivity index (χ2n) is 3.61. The Balaban J connectivity index is 2.38. The molecular weight excluding hydrogens is 186 g/mol. The molecule has 1 heterocycles. The number of rotatable bonds is 2. The van der Waals surface area contributed by atoms with Gasteiger partial charge in [0.05, 0.1) is 5.69 Å². The van der Waals surface area contributed by atoms with Crippen LogP contribution in [-0.4, -0.2) is 22.0 Å². The molecular formula is C9H9NO4. The molecule has 0 spiro atoms. The van der Waals surface area contributed by atoms with Crippen molar-refractivity contribution in [3.63, 3.8) is 0 Å². The maximum absolute atomic E-state index is 11.0. The Hall–Kier alpha value is -1.65. The minimum absolute atomic E-state index is 0.0109. The normalized spacial score (nSPS) is 19.1. The number of hydrogen-bond donors (Lipinski definition) is 1. The fourth-order valence-electron chi connectivity index (χ4n) is 1.64. The number of aliphatic carboxylic acids is 1. The molecule has 1 aromatic rings. The summed E-state index contributed by atoms with van der Waals surface area (Å²) in [5.74, 6) is -0.795. The third-order valence-electron chi connectivity index (χ3n) is 2.51. The van der Waals surface area contributed by atoms with Crippen LogP contribution in [0, 0.1) is 6.92 Å². The van der Waals surface area contributed by atoms with E-state index in [1.807, 2.05) is 0 Å². The highest BCUT2D eigenvalue weighted by atomic mass is 16.5. The monoisotopic (exact) mass is 195 g/mol. The lowest BCUT2D eigenvalue weighted by Gasteiger charge is -2.33. The lowest BCUT2D eigenvalue weighted by atomic mass is 9.66. The van der Waals surface area contributed by atoms with Crippen LogP contribution >= 0.6 is 0 Å². The maximum atomic E-state index is 11.0. The van der Waals surface area contributed by atoms with Crippen molar-refractivity contribution in [2.24, 2.45) is 0 Å². The van der Waals surface area contributed by atoms with E-state index in [1.54, 1.807) is 13.0 Å². The number of ketones is 1. The highest BCUT2D eigenvalue weighted by molar-refractivity contribution is 6.00. The van der Waals surface area contributed by atoms with Crippen molar-refractivity contribution in [2.45, 2.75) is 25.2 Å². The summed E-state index contributed by atoms with van der Waals surface area (Å²) in [6.07, 6.45) is 0.0218. The minimum Gasteiger partial charge on any atom is -0.480 e. The molecule has 1 fully saturated rings. The number of carbonyl (C=O) groups is 2. The van der Waals surface area contributed by atoms with Crippen molar-refractivity contribution in [3.8, 4) is 0 Å². The molecule has 0 saturated heterocycles. The van der Waals surface area contributed by atoms with Gasteiger partial charge >= 0.3 is 5.97 Å². The van der Waals surface area contributed by atoms with E-state index in [-0.39, 0.29) is 24.4 Å². The van der Waals surface area contributed by atoms with Crippen LogP contribution in [0.5, 0.6) is 0 Å². The summed E-state index contributed by atoms with van der Waals surface area (Å²) in [6, 6.07) is 1.57. The number of carbonyl (C=O) groups excluding carboxylic acids is 1. The molecule has 0 radical (unpaired) electrons. The zero-order valence-electron chi connectivity index (χ0n) is 7.61. The van der Waals surface area contributed by atoms with Crippen LogP contribution in [0.3, 0.4) is 0 Å². The first-order valence-corrected chi connectivity index (χ1v) is 4.23. The topological polar surface area (TPSA) is 80.4 Å². The average molecular weight is 195 g/mol. The number of Topliss-reactive ketones (excluding diaryl/α,β-unsaturated/α-hetero) is 1. The number of carboxylic acids is 1. The Morgan fingerprint density at radius 3 is 2.64 bits per heavy atom. The van der Waals surface area contributed by atoms with Gasteiger partial charge in [-0.2, -0.15) is 0 Å². The van der Waals surface area contributed by atoms with E-state index in [4.69, 9.17) is 9.63 Å². The molecule has 1 N–H and O–H groups in total. The van der Waals surface area contributed by atoms with E-state index in [0.29, 0.717) is 5.69 Å². The summed E-state index contributed by atoms with van der Waals surface area (Å²) in [4.78, 5) is 21.9. The molecule has 1 aromatic heterocycles. The molecule has 0 amide bonds. The fraction of sp³-hybridized carbons (Fsp3) is 0.444. The molecule has 0 bridgehead atoms. The van der Waals surface area contributed by atoms with Crippen molar-refractivity contribution in [3.05, 3.63) is 17.5 Å². The predicted octanol–water partition coefficient (Wildman–Crippen LogP) is 0.668.